The van der Waals surface area contributed by atoms with E-state index < -0.39 is 16.1 Å². The van der Waals surface area contributed by atoms with Gasteiger partial charge in [-0.3, -0.25) is 4.79 Å². The fraction of sp³-hybridized carbons (Fsp3) is 0.364. The van der Waals surface area contributed by atoms with E-state index in [1.54, 1.807) is 6.07 Å². The molecular weight excluding hydrogens is 242 g/mol. The molecule has 5 nitrogen and oxygen atoms in total. The van der Waals surface area contributed by atoms with E-state index in [9.17, 15) is 18.3 Å². The summed E-state index contributed by atoms with van der Waals surface area (Å²) in [6.45, 7) is 0.433. The molecule has 0 unspecified atom stereocenters. The average molecular weight is 255 g/mol. The Balaban J connectivity index is 2.34. The highest BCUT2D eigenvalue weighted by molar-refractivity contribution is 7.89. The molecule has 1 saturated heterocycles. The van der Waals surface area contributed by atoms with Crippen molar-refractivity contribution in [3.8, 4) is 0 Å². The summed E-state index contributed by atoms with van der Waals surface area (Å²) in [5.41, 5.74) is 0.325. The van der Waals surface area contributed by atoms with Gasteiger partial charge in [0.05, 0.1) is 11.0 Å². The van der Waals surface area contributed by atoms with Crippen molar-refractivity contribution in [1.82, 2.24) is 4.31 Å². The Morgan fingerprint density at radius 1 is 1.41 bits per heavy atom. The van der Waals surface area contributed by atoms with Crippen molar-refractivity contribution in [3.05, 3.63) is 29.8 Å². The molecule has 1 aromatic carbocycles. The van der Waals surface area contributed by atoms with Gasteiger partial charge in [0.25, 0.3) is 0 Å². The van der Waals surface area contributed by atoms with E-state index in [0.29, 0.717) is 24.8 Å². The second-order valence-corrected chi connectivity index (χ2v) is 5.93. The van der Waals surface area contributed by atoms with Gasteiger partial charge in [0, 0.05) is 18.7 Å². The number of rotatable bonds is 3. The normalized spacial score (nSPS) is 21.6. The van der Waals surface area contributed by atoms with Crippen LogP contribution in [0.1, 0.15) is 16.8 Å². The molecule has 1 fully saturated rings. The number of carbonyl (C=O) groups excluding carboxylic acids is 1. The van der Waals surface area contributed by atoms with Gasteiger partial charge >= 0.3 is 0 Å². The lowest BCUT2D eigenvalue weighted by molar-refractivity contribution is 0.112. The number of nitrogens with zero attached hydrogens (tertiary/aromatic N) is 1. The maximum atomic E-state index is 12.1. The third-order valence-corrected chi connectivity index (χ3v) is 4.62. The van der Waals surface area contributed by atoms with Gasteiger partial charge in [0.1, 0.15) is 6.29 Å². The summed E-state index contributed by atoms with van der Waals surface area (Å²) in [4.78, 5) is 10.7. The van der Waals surface area contributed by atoms with Crippen LogP contribution in [0, 0.1) is 0 Å². The number of β-amino-alcohol motifs (C(OH)–C–C–N with tert-alkyl or cyclic N) is 1. The number of hydrogen-bond acceptors (Lipinski definition) is 4. The largest absolute Gasteiger partial charge is 0.392 e. The van der Waals surface area contributed by atoms with Crippen LogP contribution in [0.5, 0.6) is 0 Å². The molecule has 92 valence electrons. The molecule has 2 rings (SSSR count). The second-order valence-electron chi connectivity index (χ2n) is 4.00. The molecule has 0 amide bonds. The topological polar surface area (TPSA) is 74.7 Å². The van der Waals surface area contributed by atoms with Crippen LogP contribution in [0.2, 0.25) is 0 Å². The molecule has 1 atom stereocenters. The zero-order valence-corrected chi connectivity index (χ0v) is 9.93. The summed E-state index contributed by atoms with van der Waals surface area (Å²) in [6, 6.07) is 5.87. The number of carbonyl (C=O) groups is 1. The van der Waals surface area contributed by atoms with Crippen LogP contribution in [0.25, 0.3) is 0 Å². The molecule has 0 bridgehead atoms. The lowest BCUT2D eigenvalue weighted by atomic mass is 10.2. The summed E-state index contributed by atoms with van der Waals surface area (Å²) in [5.74, 6) is 0. The summed E-state index contributed by atoms with van der Waals surface area (Å²) in [6.07, 6.45) is 0.462. The quantitative estimate of drug-likeness (QED) is 0.786. The summed E-state index contributed by atoms with van der Waals surface area (Å²) < 4.78 is 25.5. The highest BCUT2D eigenvalue weighted by Gasteiger charge is 2.31. The van der Waals surface area contributed by atoms with Crippen LogP contribution in [-0.4, -0.2) is 43.3 Å². The van der Waals surface area contributed by atoms with E-state index in [-0.39, 0.29) is 11.4 Å². The van der Waals surface area contributed by atoms with Crippen molar-refractivity contribution < 1.29 is 18.3 Å². The monoisotopic (exact) mass is 255 g/mol. The zero-order chi connectivity index (χ0) is 12.5. The minimum absolute atomic E-state index is 0.0937. The predicted molar refractivity (Wildman–Crippen MR) is 61.2 cm³/mol. The van der Waals surface area contributed by atoms with Crippen LogP contribution in [0.15, 0.2) is 29.2 Å². The van der Waals surface area contributed by atoms with E-state index in [1.807, 2.05) is 0 Å². The Kier molecular flexibility index (Phi) is 3.28. The fourth-order valence-corrected chi connectivity index (χ4v) is 3.37. The number of aldehydes is 1. The predicted octanol–water partition coefficient (Wildman–Crippen LogP) is 0.254. The molecule has 1 aromatic rings. The molecule has 1 N–H and O–H groups in total. The van der Waals surface area contributed by atoms with Gasteiger partial charge in [-0.05, 0) is 18.6 Å². The van der Waals surface area contributed by atoms with Crippen molar-refractivity contribution in [3.63, 3.8) is 0 Å². The van der Waals surface area contributed by atoms with Crippen LogP contribution >= 0.6 is 0 Å². The minimum atomic E-state index is -3.59. The number of aliphatic hydroxyl groups excluding tert-OH is 1. The summed E-state index contributed by atoms with van der Waals surface area (Å²) >= 11 is 0. The van der Waals surface area contributed by atoms with Crippen molar-refractivity contribution in [1.29, 1.82) is 0 Å². The molecule has 0 aliphatic carbocycles. The maximum Gasteiger partial charge on any atom is 0.243 e. The van der Waals surface area contributed by atoms with Crippen LogP contribution in [-0.2, 0) is 10.0 Å². The van der Waals surface area contributed by atoms with Gasteiger partial charge in [-0.1, -0.05) is 12.1 Å². The molecule has 1 heterocycles. The molecule has 0 radical (unpaired) electrons. The molecule has 0 spiro atoms. The Labute approximate surface area is 99.7 Å². The molecule has 0 aromatic heterocycles. The SMILES string of the molecule is O=Cc1cccc(S(=O)(=O)N2CC[C@H](O)C2)c1. The first-order chi connectivity index (χ1) is 8.04. The Morgan fingerprint density at radius 3 is 2.76 bits per heavy atom. The van der Waals surface area contributed by atoms with Crippen molar-refractivity contribution >= 4 is 16.3 Å². The number of sulfonamides is 1. The molecule has 17 heavy (non-hydrogen) atoms. The molecule has 0 saturated carbocycles. The average Bonchev–Trinajstić information content (AvgIpc) is 2.76. The Bertz CT molecular complexity index is 526. The fourth-order valence-electron chi connectivity index (χ4n) is 1.83. The van der Waals surface area contributed by atoms with E-state index in [4.69, 9.17) is 0 Å². The highest BCUT2D eigenvalue weighted by Crippen LogP contribution is 2.21. The van der Waals surface area contributed by atoms with Gasteiger partial charge in [0.2, 0.25) is 10.0 Å². The van der Waals surface area contributed by atoms with E-state index in [1.165, 1.54) is 22.5 Å². The molecule has 6 heteroatoms. The molecular formula is C11H13NO4S. The summed E-state index contributed by atoms with van der Waals surface area (Å²) in [7, 11) is -3.59. The lowest BCUT2D eigenvalue weighted by Gasteiger charge is -2.15. The standard InChI is InChI=1S/C11H13NO4S/c13-8-9-2-1-3-11(6-9)17(15,16)12-5-4-10(14)7-12/h1-3,6,8,10,14H,4-5,7H2/t10-/m0/s1. The zero-order valence-electron chi connectivity index (χ0n) is 9.11. The number of benzene rings is 1. The maximum absolute atomic E-state index is 12.1. The Hall–Kier alpha value is -1.24. The first-order valence-electron chi connectivity index (χ1n) is 5.27. The number of hydrogen-bond donors (Lipinski definition) is 1. The van der Waals surface area contributed by atoms with Crippen LogP contribution in [0.3, 0.4) is 0 Å². The first-order valence-corrected chi connectivity index (χ1v) is 6.71. The third kappa shape index (κ3) is 2.38. The van der Waals surface area contributed by atoms with Crippen molar-refractivity contribution in [2.24, 2.45) is 0 Å². The van der Waals surface area contributed by atoms with Gasteiger partial charge < -0.3 is 5.11 Å². The first kappa shape index (κ1) is 12.2. The van der Waals surface area contributed by atoms with Crippen LogP contribution < -0.4 is 0 Å². The van der Waals surface area contributed by atoms with Gasteiger partial charge in [-0.15, -0.1) is 0 Å². The molecule has 1 aliphatic rings. The van der Waals surface area contributed by atoms with E-state index in [0.717, 1.165) is 0 Å². The highest BCUT2D eigenvalue weighted by atomic mass is 32.2. The summed E-state index contributed by atoms with van der Waals surface area (Å²) in [5, 5.41) is 9.35. The van der Waals surface area contributed by atoms with Gasteiger partial charge in [0.15, 0.2) is 0 Å². The Morgan fingerprint density at radius 2 is 2.18 bits per heavy atom. The lowest BCUT2D eigenvalue weighted by Crippen LogP contribution is -2.29. The number of aliphatic hydroxyl groups is 1. The van der Waals surface area contributed by atoms with Crippen LogP contribution in [0.4, 0.5) is 0 Å². The molecule has 1 aliphatic heterocycles. The smallest absolute Gasteiger partial charge is 0.243 e. The van der Waals surface area contributed by atoms with Gasteiger partial charge in [-0.2, -0.15) is 4.31 Å². The third-order valence-electron chi connectivity index (χ3n) is 2.76. The minimum Gasteiger partial charge on any atom is -0.392 e. The van der Waals surface area contributed by atoms with E-state index >= 15 is 0 Å². The van der Waals surface area contributed by atoms with Crippen molar-refractivity contribution in [2.75, 3.05) is 13.1 Å². The van der Waals surface area contributed by atoms with E-state index in [2.05, 4.69) is 0 Å². The van der Waals surface area contributed by atoms with Gasteiger partial charge in [-0.25, -0.2) is 8.42 Å². The van der Waals surface area contributed by atoms with Crippen molar-refractivity contribution in [2.45, 2.75) is 17.4 Å². The second kappa shape index (κ2) is 4.56.